The summed E-state index contributed by atoms with van der Waals surface area (Å²) < 4.78 is 7.32. The van der Waals surface area contributed by atoms with Crippen LogP contribution in [0.5, 0.6) is 0 Å². The summed E-state index contributed by atoms with van der Waals surface area (Å²) in [6.07, 6.45) is 0. The Kier molecular flexibility index (Phi) is 3.72. The average molecular weight is 334 g/mol. The Bertz CT molecular complexity index is 1060. The summed E-state index contributed by atoms with van der Waals surface area (Å²) >= 11 is 0. The van der Waals surface area contributed by atoms with Crippen molar-refractivity contribution >= 4 is 33.6 Å². The summed E-state index contributed by atoms with van der Waals surface area (Å²) in [5.41, 5.74) is 3.33. The summed E-state index contributed by atoms with van der Waals surface area (Å²) in [6.45, 7) is 4.26. The van der Waals surface area contributed by atoms with Crippen molar-refractivity contribution in [3.63, 3.8) is 0 Å². The number of hydrogen-bond donors (Lipinski definition) is 1. The molecule has 2 aromatic carbocycles. The van der Waals surface area contributed by atoms with E-state index in [0.717, 1.165) is 33.5 Å². The van der Waals surface area contributed by atoms with E-state index in [1.54, 1.807) is 4.68 Å². The molecule has 0 fully saturated rings. The molecule has 0 saturated carbocycles. The Morgan fingerprint density at radius 2 is 2.08 bits per heavy atom. The third-order valence-corrected chi connectivity index (χ3v) is 4.22. The Labute approximate surface area is 144 Å². The molecule has 0 spiro atoms. The van der Waals surface area contributed by atoms with Crippen molar-refractivity contribution in [1.82, 2.24) is 15.0 Å². The number of nitrogens with zero attached hydrogens (tertiary/aromatic N) is 3. The topological polar surface area (TPSA) is 73.0 Å². The molecule has 6 nitrogen and oxygen atoms in total. The van der Waals surface area contributed by atoms with Crippen molar-refractivity contribution in [2.45, 2.75) is 20.4 Å². The number of rotatable bonds is 4. The lowest BCUT2D eigenvalue weighted by molar-refractivity contribution is -0.119. The van der Waals surface area contributed by atoms with Crippen LogP contribution in [0.2, 0.25) is 0 Å². The van der Waals surface area contributed by atoms with Gasteiger partial charge in [0.25, 0.3) is 0 Å². The Hall–Kier alpha value is -3.15. The molecular formula is C19H18N4O2. The fourth-order valence-corrected chi connectivity index (χ4v) is 2.91. The number of fused-ring (bicyclic) bond motifs is 2. The second-order valence-electron chi connectivity index (χ2n) is 6.26. The molecule has 0 bridgehead atoms. The SMILES string of the molecule is Cc1cc2cc(NC(=O)C(C)Cn3nnc4ccccc43)ccc2o1. The van der Waals surface area contributed by atoms with Gasteiger partial charge in [0.15, 0.2) is 0 Å². The van der Waals surface area contributed by atoms with Crippen molar-refractivity contribution in [3.8, 4) is 0 Å². The first-order valence-corrected chi connectivity index (χ1v) is 8.19. The fourth-order valence-electron chi connectivity index (χ4n) is 2.91. The zero-order chi connectivity index (χ0) is 17.4. The van der Waals surface area contributed by atoms with Gasteiger partial charge in [0.2, 0.25) is 5.91 Å². The van der Waals surface area contributed by atoms with Crippen LogP contribution in [0.15, 0.2) is 52.9 Å². The Balaban J connectivity index is 1.49. The second kappa shape index (κ2) is 6.05. The van der Waals surface area contributed by atoms with Crippen LogP contribution in [-0.2, 0) is 11.3 Å². The molecule has 2 heterocycles. The van der Waals surface area contributed by atoms with E-state index in [4.69, 9.17) is 4.42 Å². The predicted octanol–water partition coefficient (Wildman–Crippen LogP) is 3.76. The Morgan fingerprint density at radius 1 is 1.24 bits per heavy atom. The van der Waals surface area contributed by atoms with E-state index >= 15 is 0 Å². The van der Waals surface area contributed by atoms with Crippen molar-refractivity contribution < 1.29 is 9.21 Å². The summed E-state index contributed by atoms with van der Waals surface area (Å²) in [7, 11) is 0. The number of nitrogens with one attached hydrogen (secondary N) is 1. The minimum absolute atomic E-state index is 0.0563. The molecule has 1 N–H and O–H groups in total. The first-order valence-electron chi connectivity index (χ1n) is 8.19. The van der Waals surface area contributed by atoms with Crippen LogP contribution in [0.25, 0.3) is 22.0 Å². The van der Waals surface area contributed by atoms with Gasteiger partial charge in [-0.25, -0.2) is 4.68 Å². The minimum atomic E-state index is -0.244. The second-order valence-corrected chi connectivity index (χ2v) is 6.26. The number of para-hydroxylation sites is 1. The highest BCUT2D eigenvalue weighted by molar-refractivity contribution is 5.94. The molecule has 6 heteroatoms. The monoisotopic (exact) mass is 334 g/mol. The third kappa shape index (κ3) is 2.98. The standard InChI is InChI=1S/C19H18N4O2/c1-12(11-23-17-6-4-3-5-16(17)21-22-23)19(24)20-15-7-8-18-14(10-15)9-13(2)25-18/h3-10,12H,11H2,1-2H3,(H,20,24). The van der Waals surface area contributed by atoms with Crippen LogP contribution >= 0.6 is 0 Å². The number of furan rings is 1. The number of aromatic nitrogens is 3. The van der Waals surface area contributed by atoms with Gasteiger partial charge in [0, 0.05) is 11.1 Å². The number of hydrogen-bond acceptors (Lipinski definition) is 4. The molecule has 1 atom stereocenters. The van der Waals surface area contributed by atoms with Gasteiger partial charge in [-0.2, -0.15) is 0 Å². The van der Waals surface area contributed by atoms with Crippen molar-refractivity contribution in [2.24, 2.45) is 5.92 Å². The molecule has 0 saturated heterocycles. The minimum Gasteiger partial charge on any atom is -0.461 e. The van der Waals surface area contributed by atoms with Gasteiger partial charge >= 0.3 is 0 Å². The van der Waals surface area contributed by atoms with E-state index < -0.39 is 0 Å². The molecule has 4 rings (SSSR count). The maximum absolute atomic E-state index is 12.5. The first-order chi connectivity index (χ1) is 12.1. The first kappa shape index (κ1) is 15.4. The number of carbonyl (C=O) groups excluding carboxylic acids is 1. The van der Waals surface area contributed by atoms with Gasteiger partial charge in [0.1, 0.15) is 16.9 Å². The van der Waals surface area contributed by atoms with Crippen LogP contribution < -0.4 is 5.32 Å². The normalized spacial score (nSPS) is 12.6. The van der Waals surface area contributed by atoms with Gasteiger partial charge in [-0.3, -0.25) is 4.79 Å². The molecule has 0 aliphatic carbocycles. The van der Waals surface area contributed by atoms with Crippen LogP contribution in [0.4, 0.5) is 5.69 Å². The van der Waals surface area contributed by atoms with Gasteiger partial charge in [-0.1, -0.05) is 24.3 Å². The number of amides is 1. The van der Waals surface area contributed by atoms with Crippen LogP contribution in [0.1, 0.15) is 12.7 Å². The van der Waals surface area contributed by atoms with Gasteiger partial charge in [0.05, 0.1) is 18.0 Å². The average Bonchev–Trinajstić information content (AvgIpc) is 3.17. The number of benzene rings is 2. The summed E-state index contributed by atoms with van der Waals surface area (Å²) in [4.78, 5) is 12.5. The zero-order valence-electron chi connectivity index (χ0n) is 14.1. The molecule has 0 radical (unpaired) electrons. The van der Waals surface area contributed by atoms with Gasteiger partial charge < -0.3 is 9.73 Å². The fraction of sp³-hybridized carbons (Fsp3) is 0.211. The molecule has 25 heavy (non-hydrogen) atoms. The summed E-state index contributed by atoms with van der Waals surface area (Å²) in [5.74, 6) is 0.552. The number of aryl methyl sites for hydroxylation is 1. The van der Waals surface area contributed by atoms with E-state index in [1.807, 2.05) is 62.4 Å². The highest BCUT2D eigenvalue weighted by Gasteiger charge is 2.16. The molecule has 0 aliphatic rings. The maximum atomic E-state index is 12.5. The van der Waals surface area contributed by atoms with Crippen LogP contribution in [-0.4, -0.2) is 20.9 Å². The molecule has 4 aromatic rings. The zero-order valence-corrected chi connectivity index (χ0v) is 14.1. The number of anilines is 1. The maximum Gasteiger partial charge on any atom is 0.229 e. The predicted molar refractivity (Wildman–Crippen MR) is 96.3 cm³/mol. The summed E-state index contributed by atoms with van der Waals surface area (Å²) in [5, 5.41) is 12.2. The van der Waals surface area contributed by atoms with Gasteiger partial charge in [-0.15, -0.1) is 5.10 Å². The van der Waals surface area contributed by atoms with Crippen LogP contribution in [0.3, 0.4) is 0 Å². The largest absolute Gasteiger partial charge is 0.461 e. The summed E-state index contributed by atoms with van der Waals surface area (Å²) in [6, 6.07) is 15.3. The van der Waals surface area contributed by atoms with E-state index in [-0.39, 0.29) is 11.8 Å². The highest BCUT2D eigenvalue weighted by Crippen LogP contribution is 2.23. The van der Waals surface area contributed by atoms with Crippen molar-refractivity contribution in [3.05, 3.63) is 54.3 Å². The quantitative estimate of drug-likeness (QED) is 0.617. The lowest BCUT2D eigenvalue weighted by Gasteiger charge is -2.12. The highest BCUT2D eigenvalue weighted by atomic mass is 16.3. The molecule has 1 amide bonds. The molecule has 0 aliphatic heterocycles. The van der Waals surface area contributed by atoms with Crippen LogP contribution in [0, 0.1) is 12.8 Å². The lowest BCUT2D eigenvalue weighted by Crippen LogP contribution is -2.24. The van der Waals surface area contributed by atoms with E-state index in [1.165, 1.54) is 0 Å². The van der Waals surface area contributed by atoms with Crippen molar-refractivity contribution in [2.75, 3.05) is 5.32 Å². The smallest absolute Gasteiger partial charge is 0.229 e. The van der Waals surface area contributed by atoms with Gasteiger partial charge in [-0.05, 0) is 43.3 Å². The lowest BCUT2D eigenvalue weighted by atomic mass is 10.1. The van der Waals surface area contributed by atoms with Crippen molar-refractivity contribution in [1.29, 1.82) is 0 Å². The molecule has 126 valence electrons. The van der Waals surface area contributed by atoms with E-state index in [9.17, 15) is 4.79 Å². The molecule has 1 unspecified atom stereocenters. The third-order valence-electron chi connectivity index (χ3n) is 4.22. The molecule has 2 aromatic heterocycles. The van der Waals surface area contributed by atoms with E-state index in [2.05, 4.69) is 15.6 Å². The molecular weight excluding hydrogens is 316 g/mol. The number of carbonyl (C=O) groups is 1. The Morgan fingerprint density at radius 3 is 2.96 bits per heavy atom. The van der Waals surface area contributed by atoms with E-state index in [0.29, 0.717) is 6.54 Å².